The van der Waals surface area contributed by atoms with Gasteiger partial charge in [-0.05, 0) is 0 Å². The molecule has 2 aliphatic rings. The van der Waals surface area contributed by atoms with Crippen LogP contribution in [0.5, 0.6) is 0 Å². The zero-order valence-electron chi connectivity index (χ0n) is 9.59. The Bertz CT molecular complexity index is 420. The van der Waals surface area contributed by atoms with E-state index in [1.165, 1.54) is 4.90 Å². The van der Waals surface area contributed by atoms with E-state index in [0.29, 0.717) is 6.54 Å². The van der Waals surface area contributed by atoms with Gasteiger partial charge < -0.3 is 14.7 Å². The summed E-state index contributed by atoms with van der Waals surface area (Å²) in [7, 11) is 0. The van der Waals surface area contributed by atoms with Crippen molar-refractivity contribution >= 4 is 23.5 Å². The van der Waals surface area contributed by atoms with Gasteiger partial charge in [-0.1, -0.05) is 0 Å². The van der Waals surface area contributed by atoms with Crippen LogP contribution in [-0.4, -0.2) is 59.3 Å². The van der Waals surface area contributed by atoms with Gasteiger partial charge in [0.2, 0.25) is 5.91 Å². The Morgan fingerprint density at radius 3 is 2.83 bits per heavy atom. The van der Waals surface area contributed by atoms with Crippen LogP contribution in [0.1, 0.15) is 12.8 Å². The molecule has 2 amide bonds. The largest absolute Gasteiger partial charge is 0.479 e. The maximum atomic E-state index is 12.0. The lowest BCUT2D eigenvalue weighted by Gasteiger charge is -2.31. The summed E-state index contributed by atoms with van der Waals surface area (Å²) < 4.78 is 5.02. The van der Waals surface area contributed by atoms with Gasteiger partial charge in [-0.2, -0.15) is 5.10 Å². The molecule has 0 saturated carbocycles. The van der Waals surface area contributed by atoms with Crippen LogP contribution >= 0.6 is 0 Å². The van der Waals surface area contributed by atoms with Gasteiger partial charge >= 0.3 is 5.97 Å². The minimum atomic E-state index is -1.09. The SMILES string of the molecule is O=C1CCC(C(=O)N2CCOC(C(=O)O)C2)=NN1. The number of hydrogen-bond acceptors (Lipinski definition) is 5. The molecule has 0 bridgehead atoms. The average Bonchev–Trinajstić information content (AvgIpc) is 2.39. The van der Waals surface area contributed by atoms with E-state index in [4.69, 9.17) is 9.84 Å². The smallest absolute Gasteiger partial charge is 0.334 e. The number of ether oxygens (including phenoxy) is 1. The molecule has 0 aromatic heterocycles. The number of hydrogen-bond donors (Lipinski definition) is 2. The number of morpholine rings is 1. The molecule has 1 atom stereocenters. The van der Waals surface area contributed by atoms with Crippen molar-refractivity contribution < 1.29 is 24.2 Å². The van der Waals surface area contributed by atoms with Crippen molar-refractivity contribution in [1.29, 1.82) is 0 Å². The Morgan fingerprint density at radius 2 is 2.22 bits per heavy atom. The second kappa shape index (κ2) is 5.13. The molecule has 1 saturated heterocycles. The van der Waals surface area contributed by atoms with Crippen molar-refractivity contribution in [3.8, 4) is 0 Å². The first-order chi connectivity index (χ1) is 8.58. The van der Waals surface area contributed by atoms with E-state index in [-0.39, 0.29) is 43.5 Å². The topological polar surface area (TPSA) is 108 Å². The standard InChI is InChI=1S/C10H13N3O5/c14-8-2-1-6(11-12-8)9(15)13-3-4-18-7(5-13)10(16)17/h7H,1-5H2,(H,12,14)(H,16,17). The number of carboxylic acid groups (broad SMARTS) is 1. The van der Waals surface area contributed by atoms with Crippen LogP contribution in [0, 0.1) is 0 Å². The summed E-state index contributed by atoms with van der Waals surface area (Å²) in [5, 5.41) is 12.5. The highest BCUT2D eigenvalue weighted by atomic mass is 16.5. The summed E-state index contributed by atoms with van der Waals surface area (Å²) in [6.45, 7) is 0.513. The minimum Gasteiger partial charge on any atom is -0.479 e. The molecule has 8 heteroatoms. The van der Waals surface area contributed by atoms with Crippen LogP contribution in [0.15, 0.2) is 5.10 Å². The fraction of sp³-hybridized carbons (Fsp3) is 0.600. The lowest BCUT2D eigenvalue weighted by atomic mass is 10.1. The van der Waals surface area contributed by atoms with E-state index in [9.17, 15) is 14.4 Å². The van der Waals surface area contributed by atoms with Gasteiger partial charge in [-0.25, -0.2) is 10.2 Å². The number of rotatable bonds is 2. The predicted octanol–water partition coefficient (Wildman–Crippen LogP) is -1.44. The molecule has 1 fully saturated rings. The van der Waals surface area contributed by atoms with Gasteiger partial charge in [0.25, 0.3) is 5.91 Å². The van der Waals surface area contributed by atoms with Crippen LogP contribution in [0.3, 0.4) is 0 Å². The van der Waals surface area contributed by atoms with Gasteiger partial charge in [0, 0.05) is 19.4 Å². The number of carbonyl (C=O) groups is 3. The van der Waals surface area contributed by atoms with Crippen molar-refractivity contribution in [3.05, 3.63) is 0 Å². The van der Waals surface area contributed by atoms with E-state index < -0.39 is 12.1 Å². The molecule has 2 rings (SSSR count). The number of amides is 2. The lowest BCUT2D eigenvalue weighted by molar-refractivity contribution is -0.157. The second-order valence-corrected chi connectivity index (χ2v) is 4.04. The van der Waals surface area contributed by atoms with E-state index in [1.54, 1.807) is 0 Å². The van der Waals surface area contributed by atoms with Gasteiger partial charge in [-0.15, -0.1) is 0 Å². The molecule has 18 heavy (non-hydrogen) atoms. The first-order valence-corrected chi connectivity index (χ1v) is 5.57. The summed E-state index contributed by atoms with van der Waals surface area (Å²) in [5.74, 6) is -1.66. The fourth-order valence-electron chi connectivity index (χ4n) is 1.79. The molecule has 2 N–H and O–H groups in total. The molecule has 0 spiro atoms. The number of aliphatic carboxylic acids is 1. The van der Waals surface area contributed by atoms with E-state index in [2.05, 4.69) is 10.5 Å². The molecule has 0 aromatic carbocycles. The molecule has 98 valence electrons. The summed E-state index contributed by atoms with van der Waals surface area (Å²) in [6, 6.07) is 0. The Balaban J connectivity index is 2.00. The van der Waals surface area contributed by atoms with Crippen molar-refractivity contribution in [2.45, 2.75) is 18.9 Å². The van der Waals surface area contributed by atoms with Crippen molar-refractivity contribution in [3.63, 3.8) is 0 Å². The number of carbonyl (C=O) groups excluding carboxylic acids is 2. The zero-order valence-corrected chi connectivity index (χ0v) is 9.59. The molecular formula is C10H13N3O5. The van der Waals surface area contributed by atoms with Crippen LogP contribution in [0.25, 0.3) is 0 Å². The van der Waals surface area contributed by atoms with Crippen LogP contribution in [0.2, 0.25) is 0 Å². The average molecular weight is 255 g/mol. The van der Waals surface area contributed by atoms with E-state index in [1.807, 2.05) is 0 Å². The summed E-state index contributed by atoms with van der Waals surface area (Å²) in [6.07, 6.45) is -0.502. The summed E-state index contributed by atoms with van der Waals surface area (Å²) >= 11 is 0. The van der Waals surface area contributed by atoms with E-state index in [0.717, 1.165) is 0 Å². The van der Waals surface area contributed by atoms with Crippen molar-refractivity contribution in [2.24, 2.45) is 5.10 Å². The summed E-state index contributed by atoms with van der Waals surface area (Å²) in [4.78, 5) is 35.1. The number of nitrogens with zero attached hydrogens (tertiary/aromatic N) is 2. The van der Waals surface area contributed by atoms with Crippen LogP contribution < -0.4 is 5.43 Å². The molecular weight excluding hydrogens is 242 g/mol. The van der Waals surface area contributed by atoms with Gasteiger partial charge in [0.15, 0.2) is 6.10 Å². The zero-order chi connectivity index (χ0) is 13.1. The quantitative estimate of drug-likeness (QED) is 0.628. The number of carboxylic acids is 1. The Hall–Kier alpha value is -1.96. The van der Waals surface area contributed by atoms with E-state index >= 15 is 0 Å². The van der Waals surface area contributed by atoms with Gasteiger partial charge in [0.05, 0.1) is 13.2 Å². The first kappa shape index (κ1) is 12.5. The van der Waals surface area contributed by atoms with Gasteiger partial charge in [-0.3, -0.25) is 9.59 Å². The monoisotopic (exact) mass is 255 g/mol. The first-order valence-electron chi connectivity index (χ1n) is 5.57. The molecule has 2 aliphatic heterocycles. The molecule has 0 aromatic rings. The van der Waals surface area contributed by atoms with Crippen LogP contribution in [0.4, 0.5) is 0 Å². The highest BCUT2D eigenvalue weighted by Crippen LogP contribution is 2.09. The number of hydrazone groups is 1. The fourth-order valence-corrected chi connectivity index (χ4v) is 1.79. The Kier molecular flexibility index (Phi) is 3.56. The third-order valence-corrected chi connectivity index (χ3v) is 2.78. The normalized spacial score (nSPS) is 24.2. The minimum absolute atomic E-state index is 0.00112. The molecule has 8 nitrogen and oxygen atoms in total. The lowest BCUT2D eigenvalue weighted by Crippen LogP contribution is -2.51. The highest BCUT2D eigenvalue weighted by Gasteiger charge is 2.31. The maximum Gasteiger partial charge on any atom is 0.334 e. The molecule has 0 aliphatic carbocycles. The predicted molar refractivity (Wildman–Crippen MR) is 58.8 cm³/mol. The third-order valence-electron chi connectivity index (χ3n) is 2.78. The second-order valence-electron chi connectivity index (χ2n) is 4.04. The molecule has 1 unspecified atom stereocenters. The maximum absolute atomic E-state index is 12.0. The van der Waals surface area contributed by atoms with Gasteiger partial charge in [0.1, 0.15) is 5.71 Å². The van der Waals surface area contributed by atoms with Crippen LogP contribution in [-0.2, 0) is 19.1 Å². The highest BCUT2D eigenvalue weighted by molar-refractivity contribution is 6.39. The third kappa shape index (κ3) is 2.65. The molecule has 2 heterocycles. The number of nitrogens with one attached hydrogen (secondary N) is 1. The Morgan fingerprint density at radius 1 is 1.44 bits per heavy atom. The summed E-state index contributed by atoms with van der Waals surface area (Å²) in [5.41, 5.74) is 2.49. The van der Waals surface area contributed by atoms with Crippen molar-refractivity contribution in [2.75, 3.05) is 19.7 Å². The Labute approximate surface area is 103 Å². The van der Waals surface area contributed by atoms with Crippen molar-refractivity contribution in [1.82, 2.24) is 10.3 Å². The molecule has 0 radical (unpaired) electrons.